The van der Waals surface area contributed by atoms with Crippen molar-refractivity contribution in [2.75, 3.05) is 13.1 Å². The van der Waals surface area contributed by atoms with Crippen molar-refractivity contribution in [2.45, 2.75) is 77.5 Å². The van der Waals surface area contributed by atoms with Crippen molar-refractivity contribution in [1.29, 1.82) is 0 Å². The minimum Gasteiger partial charge on any atom is -0.339 e. The Hall–Kier alpha value is -1.74. The molecule has 0 unspecified atom stereocenters. The van der Waals surface area contributed by atoms with Crippen LogP contribution in [0.3, 0.4) is 0 Å². The monoisotopic (exact) mass is 411 g/mol. The lowest BCUT2D eigenvalue weighted by Crippen LogP contribution is -2.30. The highest BCUT2D eigenvalue weighted by molar-refractivity contribution is 7.80. The van der Waals surface area contributed by atoms with Crippen molar-refractivity contribution >= 4 is 18.5 Å². The summed E-state index contributed by atoms with van der Waals surface area (Å²) >= 11 is 4.97. The minimum absolute atomic E-state index is 0.00629. The maximum Gasteiger partial charge on any atom is 0.253 e. The molecule has 2 nitrogen and oxygen atoms in total. The second-order valence-corrected chi connectivity index (χ2v) is 10.3. The Morgan fingerprint density at radius 3 is 1.86 bits per heavy atom. The van der Waals surface area contributed by atoms with Crippen LogP contribution < -0.4 is 0 Å². The molecular formula is C26H37NOS. The van der Waals surface area contributed by atoms with Crippen molar-refractivity contribution in [1.82, 2.24) is 4.90 Å². The standard InChI is InChI=1S/C26H37NOS/c1-9-27(10-2)24(28)19-13-11-18(12-14-19)17-20-15-16-21(25(3,4)5)23(29)22(20)26(6,7)8/h11-16,29H,9-10,17H2,1-8H3. The zero-order valence-corrected chi connectivity index (χ0v) is 20.3. The van der Waals surface area contributed by atoms with Gasteiger partial charge in [0.1, 0.15) is 0 Å². The molecular weight excluding hydrogens is 374 g/mol. The molecule has 0 heterocycles. The van der Waals surface area contributed by atoms with E-state index in [1.807, 2.05) is 30.9 Å². The number of thiol groups is 1. The number of nitrogens with zero attached hydrogens (tertiary/aromatic N) is 1. The molecule has 0 N–H and O–H groups in total. The van der Waals surface area contributed by atoms with E-state index in [0.717, 1.165) is 30.0 Å². The molecule has 0 bridgehead atoms. The van der Waals surface area contributed by atoms with Crippen LogP contribution in [-0.4, -0.2) is 23.9 Å². The number of carbonyl (C=O) groups excluding carboxylic acids is 1. The lowest BCUT2D eigenvalue weighted by molar-refractivity contribution is 0.0773. The first-order valence-corrected chi connectivity index (χ1v) is 11.1. The van der Waals surface area contributed by atoms with Gasteiger partial charge in [0.25, 0.3) is 5.91 Å². The first-order chi connectivity index (χ1) is 13.4. The Bertz CT molecular complexity index is 850. The van der Waals surface area contributed by atoms with Gasteiger partial charge in [-0.1, -0.05) is 65.8 Å². The van der Waals surface area contributed by atoms with E-state index in [0.29, 0.717) is 0 Å². The third-order valence-corrected chi connectivity index (χ3v) is 5.93. The normalized spacial score (nSPS) is 12.2. The molecule has 0 saturated carbocycles. The van der Waals surface area contributed by atoms with Crippen molar-refractivity contribution in [3.05, 3.63) is 64.2 Å². The second kappa shape index (κ2) is 8.95. The molecule has 2 aromatic carbocycles. The topological polar surface area (TPSA) is 20.3 Å². The molecule has 0 fully saturated rings. The van der Waals surface area contributed by atoms with Gasteiger partial charge in [0.2, 0.25) is 0 Å². The SMILES string of the molecule is CCN(CC)C(=O)c1ccc(Cc2ccc(C(C)(C)C)c(S)c2C(C)(C)C)cc1. The van der Waals surface area contributed by atoms with E-state index in [4.69, 9.17) is 12.6 Å². The molecule has 0 aliphatic carbocycles. The van der Waals surface area contributed by atoms with Crippen LogP contribution in [0.25, 0.3) is 0 Å². The third kappa shape index (κ3) is 5.45. The summed E-state index contributed by atoms with van der Waals surface area (Å²) in [7, 11) is 0. The average molecular weight is 412 g/mol. The quantitative estimate of drug-likeness (QED) is 0.547. The molecule has 29 heavy (non-hydrogen) atoms. The fraction of sp³-hybridized carbons (Fsp3) is 0.500. The summed E-state index contributed by atoms with van der Waals surface area (Å²) in [5.74, 6) is 0.101. The van der Waals surface area contributed by atoms with E-state index in [-0.39, 0.29) is 16.7 Å². The molecule has 3 heteroatoms. The molecule has 158 valence electrons. The van der Waals surface area contributed by atoms with E-state index < -0.39 is 0 Å². The van der Waals surface area contributed by atoms with Crippen molar-refractivity contribution in [3.63, 3.8) is 0 Å². The molecule has 0 spiro atoms. The number of hydrogen-bond donors (Lipinski definition) is 1. The van der Waals surface area contributed by atoms with Crippen LogP contribution in [-0.2, 0) is 17.3 Å². The van der Waals surface area contributed by atoms with Gasteiger partial charge in [-0.25, -0.2) is 0 Å². The summed E-state index contributed by atoms with van der Waals surface area (Å²) in [4.78, 5) is 15.5. The zero-order chi connectivity index (χ0) is 22.0. The van der Waals surface area contributed by atoms with Gasteiger partial charge in [-0.3, -0.25) is 4.79 Å². The van der Waals surface area contributed by atoms with Gasteiger partial charge in [-0.2, -0.15) is 0 Å². The Balaban J connectivity index is 2.39. The van der Waals surface area contributed by atoms with E-state index in [9.17, 15) is 4.79 Å². The molecule has 0 aliphatic rings. The van der Waals surface area contributed by atoms with E-state index in [1.165, 1.54) is 22.3 Å². The predicted molar refractivity (Wildman–Crippen MR) is 128 cm³/mol. The van der Waals surface area contributed by atoms with Gasteiger partial charge in [0.05, 0.1) is 0 Å². The molecule has 1 amide bonds. The maximum absolute atomic E-state index is 12.6. The van der Waals surface area contributed by atoms with Gasteiger partial charge in [0.15, 0.2) is 0 Å². The summed E-state index contributed by atoms with van der Waals surface area (Å²) in [6.45, 7) is 19.0. The number of benzene rings is 2. The predicted octanol–water partition coefficient (Wildman–Crippen LogP) is 6.64. The average Bonchev–Trinajstić information content (AvgIpc) is 2.61. The van der Waals surface area contributed by atoms with Crippen molar-refractivity contribution < 1.29 is 4.79 Å². The van der Waals surface area contributed by atoms with Gasteiger partial charge in [0, 0.05) is 23.5 Å². The van der Waals surface area contributed by atoms with Crippen molar-refractivity contribution in [2.24, 2.45) is 0 Å². The second-order valence-electron chi connectivity index (χ2n) is 9.85. The van der Waals surface area contributed by atoms with Gasteiger partial charge in [-0.05, 0) is 65.5 Å². The summed E-state index contributed by atoms with van der Waals surface area (Å²) < 4.78 is 0. The van der Waals surface area contributed by atoms with E-state index in [1.54, 1.807) is 0 Å². The first-order valence-electron chi connectivity index (χ1n) is 10.6. The van der Waals surface area contributed by atoms with Crippen LogP contribution in [0, 0.1) is 0 Å². The first kappa shape index (κ1) is 23.5. The molecule has 0 radical (unpaired) electrons. The Kier molecular flexibility index (Phi) is 7.27. The Morgan fingerprint density at radius 2 is 1.41 bits per heavy atom. The molecule has 2 aromatic rings. The molecule has 0 saturated heterocycles. The number of amides is 1. The van der Waals surface area contributed by atoms with Crippen LogP contribution in [0.1, 0.15) is 88.0 Å². The zero-order valence-electron chi connectivity index (χ0n) is 19.4. The fourth-order valence-electron chi connectivity index (χ4n) is 3.90. The third-order valence-electron chi connectivity index (χ3n) is 5.47. The number of rotatable bonds is 5. The minimum atomic E-state index is 0.00629. The van der Waals surface area contributed by atoms with E-state index >= 15 is 0 Å². The molecule has 0 atom stereocenters. The highest BCUT2D eigenvalue weighted by atomic mass is 32.1. The number of carbonyl (C=O) groups is 1. The van der Waals surface area contributed by atoms with Crippen LogP contribution in [0.4, 0.5) is 0 Å². The summed E-state index contributed by atoms with van der Waals surface area (Å²) in [5, 5.41) is 0. The van der Waals surface area contributed by atoms with Crippen LogP contribution in [0.5, 0.6) is 0 Å². The van der Waals surface area contributed by atoms with Crippen LogP contribution >= 0.6 is 12.6 Å². The smallest absolute Gasteiger partial charge is 0.253 e. The molecule has 0 aromatic heterocycles. The molecule has 2 rings (SSSR count). The fourth-order valence-corrected chi connectivity index (χ4v) is 4.79. The Morgan fingerprint density at radius 1 is 0.862 bits per heavy atom. The molecule has 0 aliphatic heterocycles. The summed E-state index contributed by atoms with van der Waals surface area (Å²) in [6.07, 6.45) is 0.838. The van der Waals surface area contributed by atoms with Gasteiger partial charge >= 0.3 is 0 Å². The largest absolute Gasteiger partial charge is 0.339 e. The number of hydrogen-bond acceptors (Lipinski definition) is 2. The highest BCUT2D eigenvalue weighted by Crippen LogP contribution is 2.39. The van der Waals surface area contributed by atoms with Crippen LogP contribution in [0.2, 0.25) is 0 Å². The van der Waals surface area contributed by atoms with Gasteiger partial charge in [-0.15, -0.1) is 12.6 Å². The lowest BCUT2D eigenvalue weighted by Gasteiger charge is -2.30. The van der Waals surface area contributed by atoms with E-state index in [2.05, 4.69) is 65.8 Å². The lowest BCUT2D eigenvalue weighted by atomic mass is 9.77. The summed E-state index contributed by atoms with van der Waals surface area (Å²) in [6, 6.07) is 12.6. The maximum atomic E-state index is 12.6. The highest BCUT2D eigenvalue weighted by Gasteiger charge is 2.26. The van der Waals surface area contributed by atoms with Crippen molar-refractivity contribution in [3.8, 4) is 0 Å². The van der Waals surface area contributed by atoms with Gasteiger partial charge < -0.3 is 4.90 Å². The van der Waals surface area contributed by atoms with Crippen LogP contribution in [0.15, 0.2) is 41.3 Å². The summed E-state index contributed by atoms with van der Waals surface area (Å²) in [5.41, 5.74) is 5.94. The Labute approximate surface area is 183 Å².